The topological polar surface area (TPSA) is 36.4 Å². The van der Waals surface area contributed by atoms with E-state index >= 15 is 0 Å². The number of carbonyl (C=O) groups is 1. The summed E-state index contributed by atoms with van der Waals surface area (Å²) in [5.74, 6) is -0.146. The van der Waals surface area contributed by atoms with E-state index in [2.05, 4.69) is 31.7 Å². The highest BCUT2D eigenvalue weighted by atomic mass is 35.5. The summed E-state index contributed by atoms with van der Waals surface area (Å²) in [5.41, 5.74) is 2.54. The Labute approximate surface area is 191 Å². The van der Waals surface area contributed by atoms with E-state index in [9.17, 15) is 4.79 Å². The van der Waals surface area contributed by atoms with Crippen molar-refractivity contribution in [3.63, 3.8) is 0 Å². The van der Waals surface area contributed by atoms with Gasteiger partial charge < -0.3 is 4.90 Å². The molecule has 0 N–H and O–H groups in total. The second kappa shape index (κ2) is 10.6. The quantitative estimate of drug-likeness (QED) is 0.403. The fourth-order valence-electron chi connectivity index (χ4n) is 3.03. The van der Waals surface area contributed by atoms with Gasteiger partial charge in [0.15, 0.2) is 5.13 Å². The fraction of sp³-hybridized carbons (Fsp3) is 0.333. The van der Waals surface area contributed by atoms with Crippen LogP contribution in [0.15, 0.2) is 36.4 Å². The Bertz CT molecular complexity index is 968. The molecule has 0 spiro atoms. The average Bonchev–Trinajstić information content (AvgIpc) is 3.06. The minimum absolute atomic E-state index is 0. The predicted molar refractivity (Wildman–Crippen MR) is 128 cm³/mol. The Kier molecular flexibility index (Phi) is 8.73. The summed E-state index contributed by atoms with van der Waals surface area (Å²) in [7, 11) is 0. The molecule has 0 fully saturated rings. The third-order valence-electron chi connectivity index (χ3n) is 4.65. The molecule has 1 amide bonds. The van der Waals surface area contributed by atoms with Crippen LogP contribution < -0.4 is 4.90 Å². The van der Waals surface area contributed by atoms with Crippen LogP contribution in [-0.4, -0.2) is 42.0 Å². The highest BCUT2D eigenvalue weighted by Gasteiger charge is 2.22. The zero-order chi connectivity index (χ0) is 20.3. The van der Waals surface area contributed by atoms with Crippen LogP contribution in [0.5, 0.6) is 0 Å². The van der Waals surface area contributed by atoms with Crippen molar-refractivity contribution in [1.82, 2.24) is 9.88 Å². The molecule has 0 saturated heterocycles. The lowest BCUT2D eigenvalue weighted by Gasteiger charge is -2.24. The molecule has 1 aromatic heterocycles. The average molecular weight is 473 g/mol. The van der Waals surface area contributed by atoms with Crippen molar-refractivity contribution in [2.75, 3.05) is 31.1 Å². The van der Waals surface area contributed by atoms with Gasteiger partial charge in [-0.05, 0) is 55.9 Å². The predicted octanol–water partition coefficient (Wildman–Crippen LogP) is 6.32. The monoisotopic (exact) mass is 471 g/mol. The number of thiazole rings is 1. The second-order valence-corrected chi connectivity index (χ2v) is 8.49. The summed E-state index contributed by atoms with van der Waals surface area (Å²) in [6.45, 7) is 9.46. The van der Waals surface area contributed by atoms with Crippen molar-refractivity contribution in [3.05, 3.63) is 57.6 Å². The zero-order valence-electron chi connectivity index (χ0n) is 16.6. The molecular formula is C21H24Cl3N3OS. The van der Waals surface area contributed by atoms with E-state index in [1.54, 1.807) is 23.1 Å². The second-order valence-electron chi connectivity index (χ2n) is 6.61. The summed E-state index contributed by atoms with van der Waals surface area (Å²) in [5, 5.41) is 1.58. The fourth-order valence-corrected chi connectivity index (χ4v) is 4.65. The van der Waals surface area contributed by atoms with E-state index < -0.39 is 0 Å². The van der Waals surface area contributed by atoms with Gasteiger partial charge in [0.1, 0.15) is 0 Å². The first-order valence-electron chi connectivity index (χ1n) is 9.28. The van der Waals surface area contributed by atoms with Gasteiger partial charge in [-0.15, -0.1) is 12.4 Å². The number of benzene rings is 2. The van der Waals surface area contributed by atoms with Gasteiger partial charge in [0, 0.05) is 28.7 Å². The zero-order valence-corrected chi connectivity index (χ0v) is 19.8. The van der Waals surface area contributed by atoms with Crippen molar-refractivity contribution >= 4 is 68.2 Å². The molecule has 3 rings (SSSR count). The molecule has 156 valence electrons. The van der Waals surface area contributed by atoms with Crippen LogP contribution in [-0.2, 0) is 0 Å². The van der Waals surface area contributed by atoms with Gasteiger partial charge in [-0.25, -0.2) is 4.98 Å². The molecule has 0 radical (unpaired) electrons. The molecule has 0 aliphatic carbocycles. The number of anilines is 1. The Morgan fingerprint density at radius 2 is 1.69 bits per heavy atom. The third-order valence-corrected chi connectivity index (χ3v) is 6.13. The molecule has 29 heavy (non-hydrogen) atoms. The molecule has 0 bridgehead atoms. The van der Waals surface area contributed by atoms with Crippen LogP contribution in [0.25, 0.3) is 10.2 Å². The minimum Gasteiger partial charge on any atom is -0.302 e. The van der Waals surface area contributed by atoms with Crippen LogP contribution in [0.2, 0.25) is 10.0 Å². The van der Waals surface area contributed by atoms with Crippen molar-refractivity contribution < 1.29 is 4.79 Å². The first kappa shape index (κ1) is 23.9. The van der Waals surface area contributed by atoms with Gasteiger partial charge in [-0.3, -0.25) is 9.69 Å². The standard InChI is InChI=1S/C21H23Cl2N3OS.ClH/c1-4-25(5-2)8-9-26(20(27)15-11-16(22)13-17(23)12-15)21-24-18-7-6-14(3)10-19(18)28-21;/h6-7,10-13H,4-5,8-9H2,1-3H3;1H. The summed E-state index contributed by atoms with van der Waals surface area (Å²) in [6, 6.07) is 11.0. The molecule has 0 aliphatic rings. The number of amides is 1. The van der Waals surface area contributed by atoms with E-state index in [4.69, 9.17) is 28.2 Å². The number of aryl methyl sites for hydroxylation is 1. The number of nitrogens with zero attached hydrogens (tertiary/aromatic N) is 3. The minimum atomic E-state index is -0.146. The summed E-state index contributed by atoms with van der Waals surface area (Å²) >= 11 is 13.8. The van der Waals surface area contributed by atoms with E-state index in [0.717, 1.165) is 29.9 Å². The number of rotatable bonds is 7. The molecule has 2 aromatic carbocycles. The molecule has 3 aromatic rings. The maximum atomic E-state index is 13.3. The SMILES string of the molecule is CCN(CC)CCN(C(=O)c1cc(Cl)cc(Cl)c1)c1nc2ccc(C)cc2s1.Cl. The number of hydrogen-bond donors (Lipinski definition) is 0. The van der Waals surface area contributed by atoms with E-state index in [1.165, 1.54) is 16.9 Å². The molecule has 0 saturated carbocycles. The van der Waals surface area contributed by atoms with Crippen LogP contribution in [0.4, 0.5) is 5.13 Å². The number of fused-ring (bicyclic) bond motifs is 1. The Morgan fingerprint density at radius 1 is 1.03 bits per heavy atom. The maximum Gasteiger partial charge on any atom is 0.260 e. The summed E-state index contributed by atoms with van der Waals surface area (Å²) < 4.78 is 1.07. The molecule has 8 heteroatoms. The van der Waals surface area contributed by atoms with Gasteiger partial charge in [0.2, 0.25) is 0 Å². The highest BCUT2D eigenvalue weighted by molar-refractivity contribution is 7.22. The maximum absolute atomic E-state index is 13.3. The number of halogens is 3. The Hall–Kier alpha value is -1.37. The largest absolute Gasteiger partial charge is 0.302 e. The molecule has 0 atom stereocenters. The Morgan fingerprint density at radius 3 is 2.31 bits per heavy atom. The van der Waals surface area contributed by atoms with E-state index in [1.807, 2.05) is 12.1 Å². The van der Waals surface area contributed by atoms with Crippen molar-refractivity contribution in [2.45, 2.75) is 20.8 Å². The number of hydrogen-bond acceptors (Lipinski definition) is 4. The molecular weight excluding hydrogens is 449 g/mol. The Balaban J connectivity index is 0.00000300. The third kappa shape index (κ3) is 5.83. The molecule has 0 unspecified atom stereocenters. The molecule has 1 heterocycles. The summed E-state index contributed by atoms with van der Waals surface area (Å²) in [6.07, 6.45) is 0. The lowest BCUT2D eigenvalue weighted by molar-refractivity contribution is 0.0984. The first-order chi connectivity index (χ1) is 13.4. The van der Waals surface area contributed by atoms with Crippen LogP contribution in [0, 0.1) is 6.92 Å². The smallest absolute Gasteiger partial charge is 0.260 e. The number of likely N-dealkylation sites (N-methyl/N-ethyl adjacent to an activating group) is 1. The van der Waals surface area contributed by atoms with Gasteiger partial charge >= 0.3 is 0 Å². The van der Waals surface area contributed by atoms with Crippen LogP contribution in [0.1, 0.15) is 29.8 Å². The normalized spacial score (nSPS) is 11.0. The number of carbonyl (C=O) groups excluding carboxylic acids is 1. The summed E-state index contributed by atoms with van der Waals surface area (Å²) in [4.78, 5) is 22.1. The molecule has 0 aliphatic heterocycles. The van der Waals surface area contributed by atoms with Crippen molar-refractivity contribution in [3.8, 4) is 0 Å². The van der Waals surface area contributed by atoms with Gasteiger partial charge in [0.25, 0.3) is 5.91 Å². The molecule has 4 nitrogen and oxygen atoms in total. The number of aromatic nitrogens is 1. The first-order valence-corrected chi connectivity index (χ1v) is 10.9. The van der Waals surface area contributed by atoms with E-state index in [0.29, 0.717) is 27.3 Å². The van der Waals surface area contributed by atoms with Crippen LogP contribution in [0.3, 0.4) is 0 Å². The van der Waals surface area contributed by atoms with Gasteiger partial charge in [-0.2, -0.15) is 0 Å². The lowest BCUT2D eigenvalue weighted by Crippen LogP contribution is -2.38. The van der Waals surface area contributed by atoms with E-state index in [-0.39, 0.29) is 18.3 Å². The van der Waals surface area contributed by atoms with Gasteiger partial charge in [-0.1, -0.05) is 54.5 Å². The van der Waals surface area contributed by atoms with Crippen LogP contribution >= 0.6 is 46.9 Å². The van der Waals surface area contributed by atoms with Crippen molar-refractivity contribution in [2.24, 2.45) is 0 Å². The highest BCUT2D eigenvalue weighted by Crippen LogP contribution is 2.31. The lowest BCUT2D eigenvalue weighted by atomic mass is 10.2. The van der Waals surface area contributed by atoms with Crippen molar-refractivity contribution in [1.29, 1.82) is 0 Å². The van der Waals surface area contributed by atoms with Gasteiger partial charge in [0.05, 0.1) is 10.2 Å².